The molecule has 0 spiro atoms. The Kier molecular flexibility index (Phi) is 7.10. The van der Waals surface area contributed by atoms with Crippen LogP contribution < -0.4 is 20.7 Å². The number of carbonyl (C=O) groups is 2. The number of hydrogen-bond acceptors (Lipinski definition) is 3. The molecule has 2 aromatic carbocycles. The normalized spacial score (nSPS) is 11.4. The summed E-state index contributed by atoms with van der Waals surface area (Å²) in [7, 11) is 0. The van der Waals surface area contributed by atoms with Gasteiger partial charge in [0.25, 0.3) is 5.91 Å². The average molecular weight is 377 g/mol. The van der Waals surface area contributed by atoms with Gasteiger partial charge in [-0.25, -0.2) is 13.6 Å². The van der Waals surface area contributed by atoms with Gasteiger partial charge in [0.2, 0.25) is 0 Å². The van der Waals surface area contributed by atoms with Crippen LogP contribution in [0.15, 0.2) is 42.5 Å². The first-order valence-corrected chi connectivity index (χ1v) is 8.41. The zero-order chi connectivity index (χ0) is 19.8. The smallest absolute Gasteiger partial charge is 0.319 e. The van der Waals surface area contributed by atoms with E-state index >= 15 is 0 Å². The van der Waals surface area contributed by atoms with Crippen molar-refractivity contribution in [2.24, 2.45) is 0 Å². The Bertz CT molecular complexity index is 797. The van der Waals surface area contributed by atoms with Crippen molar-refractivity contribution in [1.82, 2.24) is 10.6 Å². The molecule has 0 aliphatic carbocycles. The molecule has 0 saturated heterocycles. The van der Waals surface area contributed by atoms with Crippen LogP contribution in [0.25, 0.3) is 0 Å². The number of anilines is 1. The molecule has 1 atom stereocenters. The van der Waals surface area contributed by atoms with Gasteiger partial charge in [0, 0.05) is 12.2 Å². The molecule has 144 valence electrons. The first kappa shape index (κ1) is 20.2. The van der Waals surface area contributed by atoms with Crippen molar-refractivity contribution in [2.45, 2.75) is 19.9 Å². The molecular formula is C19H21F2N3O3. The van der Waals surface area contributed by atoms with E-state index < -0.39 is 23.7 Å². The molecule has 2 aromatic rings. The van der Waals surface area contributed by atoms with Crippen molar-refractivity contribution in [3.63, 3.8) is 0 Å². The second-order valence-corrected chi connectivity index (χ2v) is 5.76. The minimum atomic E-state index is -0.968. The number of carbonyl (C=O) groups excluding carboxylic acids is 2. The van der Waals surface area contributed by atoms with Crippen LogP contribution in [0.1, 0.15) is 25.5 Å². The Balaban J connectivity index is 1.86. The van der Waals surface area contributed by atoms with Crippen LogP contribution in [0.5, 0.6) is 5.75 Å². The second-order valence-electron chi connectivity index (χ2n) is 5.76. The van der Waals surface area contributed by atoms with Gasteiger partial charge >= 0.3 is 6.03 Å². The van der Waals surface area contributed by atoms with Gasteiger partial charge in [-0.05, 0) is 55.8 Å². The molecule has 0 aliphatic heterocycles. The fraction of sp³-hybridized carbons (Fsp3) is 0.263. The summed E-state index contributed by atoms with van der Waals surface area (Å²) in [4.78, 5) is 23.4. The number of benzene rings is 2. The quantitative estimate of drug-likeness (QED) is 0.692. The van der Waals surface area contributed by atoms with E-state index in [9.17, 15) is 18.4 Å². The van der Waals surface area contributed by atoms with Gasteiger partial charge < -0.3 is 20.7 Å². The van der Waals surface area contributed by atoms with Crippen molar-refractivity contribution in [1.29, 1.82) is 0 Å². The highest BCUT2D eigenvalue weighted by Crippen LogP contribution is 2.18. The van der Waals surface area contributed by atoms with E-state index in [0.29, 0.717) is 23.5 Å². The highest BCUT2D eigenvalue weighted by Gasteiger charge is 2.12. The average Bonchev–Trinajstić information content (AvgIpc) is 2.63. The third-order valence-corrected chi connectivity index (χ3v) is 3.65. The van der Waals surface area contributed by atoms with Crippen LogP contribution in [0, 0.1) is 11.6 Å². The summed E-state index contributed by atoms with van der Waals surface area (Å²) in [5.41, 5.74) is 0.952. The van der Waals surface area contributed by atoms with Gasteiger partial charge in [-0.3, -0.25) is 4.79 Å². The van der Waals surface area contributed by atoms with Gasteiger partial charge in [0.1, 0.15) is 5.75 Å². The zero-order valence-electron chi connectivity index (χ0n) is 15.0. The van der Waals surface area contributed by atoms with Gasteiger partial charge in [-0.1, -0.05) is 6.07 Å². The highest BCUT2D eigenvalue weighted by molar-refractivity contribution is 5.89. The van der Waals surface area contributed by atoms with E-state index in [1.165, 1.54) is 6.07 Å². The number of urea groups is 1. The maximum Gasteiger partial charge on any atom is 0.319 e. The number of hydrogen-bond donors (Lipinski definition) is 3. The fourth-order valence-corrected chi connectivity index (χ4v) is 2.26. The molecule has 8 heteroatoms. The Labute approximate surface area is 155 Å². The third kappa shape index (κ3) is 6.25. The summed E-state index contributed by atoms with van der Waals surface area (Å²) in [6.07, 6.45) is 0. The molecule has 1 unspecified atom stereocenters. The van der Waals surface area contributed by atoms with Crippen LogP contribution in [0.4, 0.5) is 19.3 Å². The molecule has 3 N–H and O–H groups in total. The van der Waals surface area contributed by atoms with E-state index in [-0.39, 0.29) is 12.5 Å². The van der Waals surface area contributed by atoms with Crippen LogP contribution in [-0.4, -0.2) is 25.1 Å². The van der Waals surface area contributed by atoms with Crippen LogP contribution in [0.2, 0.25) is 0 Å². The van der Waals surface area contributed by atoms with E-state index in [0.717, 1.165) is 12.1 Å². The predicted molar refractivity (Wildman–Crippen MR) is 97.5 cm³/mol. The number of halogens is 2. The lowest BCUT2D eigenvalue weighted by molar-refractivity contribution is -0.122. The van der Waals surface area contributed by atoms with Crippen molar-refractivity contribution in [2.75, 3.05) is 18.5 Å². The van der Waals surface area contributed by atoms with Crippen molar-refractivity contribution >= 4 is 17.6 Å². The third-order valence-electron chi connectivity index (χ3n) is 3.65. The summed E-state index contributed by atoms with van der Waals surface area (Å²) >= 11 is 0. The van der Waals surface area contributed by atoms with Crippen LogP contribution >= 0.6 is 0 Å². The zero-order valence-corrected chi connectivity index (χ0v) is 15.0. The molecular weight excluding hydrogens is 356 g/mol. The van der Waals surface area contributed by atoms with Gasteiger partial charge in [-0.15, -0.1) is 0 Å². The molecule has 0 aromatic heterocycles. The number of nitrogens with one attached hydrogen (secondary N) is 3. The molecule has 0 radical (unpaired) electrons. The monoisotopic (exact) mass is 377 g/mol. The minimum Gasteiger partial charge on any atom is -0.484 e. The highest BCUT2D eigenvalue weighted by atomic mass is 19.2. The minimum absolute atomic E-state index is 0.0904. The van der Waals surface area contributed by atoms with Crippen LogP contribution in [0.3, 0.4) is 0 Å². The van der Waals surface area contributed by atoms with Crippen LogP contribution in [-0.2, 0) is 4.79 Å². The summed E-state index contributed by atoms with van der Waals surface area (Å²) in [5.74, 6) is -1.64. The maximum absolute atomic E-state index is 13.3. The van der Waals surface area contributed by atoms with E-state index in [4.69, 9.17) is 4.74 Å². The fourth-order valence-electron chi connectivity index (χ4n) is 2.26. The molecule has 27 heavy (non-hydrogen) atoms. The van der Waals surface area contributed by atoms with Gasteiger partial charge in [0.15, 0.2) is 18.2 Å². The first-order chi connectivity index (χ1) is 12.9. The SMILES string of the molecule is CCNC(=O)COc1ccc(NC(=O)NC(C)c2ccc(F)c(F)c2)cc1. The number of likely N-dealkylation sites (N-methyl/N-ethyl adjacent to an activating group) is 1. The lowest BCUT2D eigenvalue weighted by atomic mass is 10.1. The second kappa shape index (κ2) is 9.51. The van der Waals surface area contributed by atoms with Crippen molar-refractivity contribution < 1.29 is 23.1 Å². The standard InChI is InChI=1S/C19H21F2N3O3/c1-3-22-18(25)11-27-15-7-5-14(6-8-15)24-19(26)23-12(2)13-4-9-16(20)17(21)10-13/h4-10,12H,3,11H2,1-2H3,(H,22,25)(H2,23,24,26). The van der Waals surface area contributed by atoms with E-state index in [1.807, 2.05) is 6.92 Å². The lowest BCUT2D eigenvalue weighted by Gasteiger charge is -2.15. The molecule has 0 saturated carbocycles. The van der Waals surface area contributed by atoms with Gasteiger partial charge in [0.05, 0.1) is 6.04 Å². The first-order valence-electron chi connectivity index (χ1n) is 8.41. The number of amides is 3. The van der Waals surface area contributed by atoms with Gasteiger partial charge in [-0.2, -0.15) is 0 Å². The topological polar surface area (TPSA) is 79.5 Å². The molecule has 6 nitrogen and oxygen atoms in total. The van der Waals surface area contributed by atoms with Crippen molar-refractivity contribution in [3.8, 4) is 5.75 Å². The maximum atomic E-state index is 13.3. The molecule has 2 rings (SSSR count). The Morgan fingerprint density at radius 2 is 1.78 bits per heavy atom. The summed E-state index contributed by atoms with van der Waals surface area (Å²) in [5, 5.41) is 7.88. The number of rotatable bonds is 7. The summed E-state index contributed by atoms with van der Waals surface area (Å²) in [6, 6.07) is 8.93. The Morgan fingerprint density at radius 1 is 1.07 bits per heavy atom. The summed E-state index contributed by atoms with van der Waals surface area (Å²) < 4.78 is 31.6. The van der Waals surface area contributed by atoms with Crippen molar-refractivity contribution in [3.05, 3.63) is 59.7 Å². The summed E-state index contributed by atoms with van der Waals surface area (Å²) in [6.45, 7) is 3.91. The molecule has 3 amide bonds. The molecule has 0 aliphatic rings. The van der Waals surface area contributed by atoms with E-state index in [2.05, 4.69) is 16.0 Å². The largest absolute Gasteiger partial charge is 0.484 e. The molecule has 0 fully saturated rings. The Hall–Kier alpha value is -3.16. The number of ether oxygens (including phenoxy) is 1. The Morgan fingerprint density at radius 3 is 2.41 bits per heavy atom. The van der Waals surface area contributed by atoms with E-state index in [1.54, 1.807) is 31.2 Å². The molecule has 0 heterocycles. The molecule has 0 bridgehead atoms. The predicted octanol–water partition coefficient (Wildman–Crippen LogP) is 3.36. The lowest BCUT2D eigenvalue weighted by Crippen LogP contribution is -2.31.